The summed E-state index contributed by atoms with van der Waals surface area (Å²) in [5, 5.41) is 8.06. The fraction of sp³-hybridized carbons (Fsp3) is 0.561. The summed E-state index contributed by atoms with van der Waals surface area (Å²) < 4.78 is 23.1. The Bertz CT molecular complexity index is 1630. The third kappa shape index (κ3) is 12.1. The number of nitrogens with zero attached hydrogens (tertiary/aromatic N) is 1. The Morgan fingerprint density at radius 2 is 1.76 bits per heavy atom. The van der Waals surface area contributed by atoms with Crippen molar-refractivity contribution in [3.63, 3.8) is 0 Å². The number of ketones is 1. The molecule has 1 saturated carbocycles. The van der Waals surface area contributed by atoms with Crippen LogP contribution in [0.5, 0.6) is 5.75 Å². The van der Waals surface area contributed by atoms with Gasteiger partial charge in [-0.3, -0.25) is 28.8 Å². The van der Waals surface area contributed by atoms with Crippen molar-refractivity contribution in [1.82, 2.24) is 20.9 Å². The van der Waals surface area contributed by atoms with E-state index in [1.54, 1.807) is 24.3 Å². The number of rotatable bonds is 12. The molecule has 1 aliphatic carbocycles. The molecular formula is C41H54N4O10. The number of hydrogen-bond acceptors (Lipinski definition) is 10. The van der Waals surface area contributed by atoms with Crippen molar-refractivity contribution in [3.8, 4) is 5.75 Å². The normalized spacial score (nSPS) is 23.1. The van der Waals surface area contributed by atoms with Gasteiger partial charge in [-0.1, -0.05) is 75.1 Å². The molecule has 4 bridgehead atoms. The summed E-state index contributed by atoms with van der Waals surface area (Å²) in [4.78, 5) is 82.4. The van der Waals surface area contributed by atoms with Gasteiger partial charge in [0, 0.05) is 26.5 Å². The van der Waals surface area contributed by atoms with Crippen LogP contribution in [0.1, 0.15) is 82.3 Å². The fourth-order valence-corrected chi connectivity index (χ4v) is 7.48. The Hall–Kier alpha value is -4.82. The Balaban J connectivity index is 1.32. The van der Waals surface area contributed by atoms with Crippen LogP contribution >= 0.6 is 0 Å². The predicted octanol–water partition coefficient (Wildman–Crippen LogP) is 3.14. The lowest BCUT2D eigenvalue weighted by Gasteiger charge is -2.35. The van der Waals surface area contributed by atoms with Gasteiger partial charge in [0.25, 0.3) is 5.91 Å². The molecule has 5 rings (SSSR count). The van der Waals surface area contributed by atoms with Crippen LogP contribution in [0, 0.1) is 5.92 Å². The van der Waals surface area contributed by atoms with Crippen LogP contribution in [-0.4, -0.2) is 97.6 Å². The second-order valence-corrected chi connectivity index (χ2v) is 14.5. The standard InChI is InChI=1S/C41H54N4O10/c1-3-12-32(38(48)40(50)42-24-35(47)54-26-27-13-6-4-7-14-27)43-39(49)33-23-31-25-45(33)41(51)37(29-16-8-5-9-17-29)44-34(46)22-28-15-10-18-30(21-28)53-20-11-19-36(52-2)55-31/h4,6-7,10,13-15,18,21,29,31-33,36-37H,3,5,8-9,11-12,16-17,19-20,22-26H2,1-2H3,(H,42,50)(H,43,49)(H,44,46)/t31-,32?,33+,36?,37-/m1/s1. The number of carbonyl (C=O) groups is 6. The summed E-state index contributed by atoms with van der Waals surface area (Å²) in [5.74, 6) is -3.51. The number of esters is 1. The van der Waals surface area contributed by atoms with E-state index in [4.69, 9.17) is 18.9 Å². The van der Waals surface area contributed by atoms with Gasteiger partial charge >= 0.3 is 5.97 Å². The van der Waals surface area contributed by atoms with Gasteiger partial charge in [0.1, 0.15) is 31.0 Å². The average molecular weight is 763 g/mol. The number of amides is 4. The molecular weight excluding hydrogens is 708 g/mol. The van der Waals surface area contributed by atoms with E-state index < -0.39 is 66.5 Å². The van der Waals surface area contributed by atoms with Crippen LogP contribution in [0.2, 0.25) is 0 Å². The molecule has 14 nitrogen and oxygen atoms in total. The quantitative estimate of drug-likeness (QED) is 0.215. The molecule has 0 radical (unpaired) electrons. The highest BCUT2D eigenvalue weighted by molar-refractivity contribution is 6.38. The fourth-order valence-electron chi connectivity index (χ4n) is 7.48. The van der Waals surface area contributed by atoms with Gasteiger partial charge in [-0.2, -0.15) is 0 Å². The molecule has 2 heterocycles. The van der Waals surface area contributed by atoms with E-state index in [0.717, 1.165) is 43.2 Å². The SMILES string of the molecule is CCCC(NC(=O)[C@@H]1C[C@@H]2CN1C(=O)[C@@H](C1CCCCC1)NC(=O)Cc1cccc(c1)OCCCC(OC)O2)C(=O)C(=O)NCC(=O)OCc1ccccc1. The van der Waals surface area contributed by atoms with Gasteiger partial charge in [0.2, 0.25) is 23.5 Å². The van der Waals surface area contributed by atoms with Crippen molar-refractivity contribution in [2.45, 2.75) is 115 Å². The summed E-state index contributed by atoms with van der Waals surface area (Å²) in [6.07, 6.45) is 4.99. The van der Waals surface area contributed by atoms with E-state index in [1.165, 1.54) is 12.0 Å². The minimum Gasteiger partial charge on any atom is -0.494 e. The van der Waals surface area contributed by atoms with E-state index in [-0.39, 0.29) is 44.2 Å². The van der Waals surface area contributed by atoms with E-state index in [9.17, 15) is 28.8 Å². The third-order valence-electron chi connectivity index (χ3n) is 10.3. The summed E-state index contributed by atoms with van der Waals surface area (Å²) >= 11 is 0. The number of methoxy groups -OCH3 is 1. The molecule has 1 saturated heterocycles. The first-order chi connectivity index (χ1) is 26.6. The van der Waals surface area contributed by atoms with Crippen molar-refractivity contribution < 1.29 is 47.7 Å². The van der Waals surface area contributed by atoms with Crippen molar-refractivity contribution >= 4 is 35.4 Å². The highest BCUT2D eigenvalue weighted by Gasteiger charge is 2.46. The van der Waals surface area contributed by atoms with Gasteiger partial charge in [-0.15, -0.1) is 0 Å². The highest BCUT2D eigenvalue weighted by Crippen LogP contribution is 2.31. The lowest BCUT2D eigenvalue weighted by atomic mass is 9.83. The number of Topliss-reactive ketones (excluding diaryl/α,β-unsaturated/α-hetero) is 1. The van der Waals surface area contributed by atoms with E-state index in [1.807, 2.05) is 37.3 Å². The second kappa shape index (κ2) is 20.7. The molecule has 2 aromatic rings. The second-order valence-electron chi connectivity index (χ2n) is 14.5. The Labute approximate surface area is 322 Å². The molecule has 3 aliphatic rings. The van der Waals surface area contributed by atoms with Crippen LogP contribution in [0.4, 0.5) is 0 Å². The van der Waals surface area contributed by atoms with Crippen molar-refractivity contribution in [2.24, 2.45) is 5.92 Å². The summed E-state index contributed by atoms with van der Waals surface area (Å²) in [5.41, 5.74) is 1.51. The van der Waals surface area contributed by atoms with Crippen LogP contribution < -0.4 is 20.7 Å². The Morgan fingerprint density at radius 3 is 2.51 bits per heavy atom. The maximum Gasteiger partial charge on any atom is 0.325 e. The van der Waals surface area contributed by atoms with Crippen molar-refractivity contribution in [3.05, 3.63) is 65.7 Å². The van der Waals surface area contributed by atoms with Gasteiger partial charge in [-0.05, 0) is 54.9 Å². The zero-order valence-corrected chi connectivity index (χ0v) is 31.8. The van der Waals surface area contributed by atoms with E-state index in [2.05, 4.69) is 16.0 Å². The molecule has 0 spiro atoms. The molecule has 2 fully saturated rings. The van der Waals surface area contributed by atoms with Gasteiger partial charge in [0.15, 0.2) is 6.29 Å². The smallest absolute Gasteiger partial charge is 0.325 e. The minimum atomic E-state index is -1.21. The van der Waals surface area contributed by atoms with Gasteiger partial charge in [-0.25, -0.2) is 0 Å². The van der Waals surface area contributed by atoms with E-state index in [0.29, 0.717) is 31.6 Å². The van der Waals surface area contributed by atoms with Crippen LogP contribution in [0.15, 0.2) is 54.6 Å². The number of benzene rings is 2. The third-order valence-corrected chi connectivity index (χ3v) is 10.3. The molecule has 14 heteroatoms. The lowest BCUT2D eigenvalue weighted by Crippen LogP contribution is -2.58. The molecule has 5 atom stereocenters. The van der Waals surface area contributed by atoms with Crippen molar-refractivity contribution in [2.75, 3.05) is 26.8 Å². The summed E-state index contributed by atoms with van der Waals surface area (Å²) in [6, 6.07) is 13.2. The van der Waals surface area contributed by atoms with Crippen LogP contribution in [-0.2, 0) is 56.0 Å². The molecule has 2 aromatic carbocycles. The maximum atomic E-state index is 14.6. The number of carbonyl (C=O) groups excluding carboxylic acids is 6. The maximum absolute atomic E-state index is 14.6. The molecule has 298 valence electrons. The first kappa shape index (κ1) is 41.3. The summed E-state index contributed by atoms with van der Waals surface area (Å²) in [7, 11) is 1.53. The predicted molar refractivity (Wildman–Crippen MR) is 200 cm³/mol. The average Bonchev–Trinajstić information content (AvgIpc) is 3.63. The number of ether oxygens (including phenoxy) is 4. The molecule has 55 heavy (non-hydrogen) atoms. The molecule has 2 aliphatic heterocycles. The van der Waals surface area contributed by atoms with Crippen LogP contribution in [0.3, 0.4) is 0 Å². The van der Waals surface area contributed by atoms with Crippen LogP contribution in [0.25, 0.3) is 0 Å². The largest absolute Gasteiger partial charge is 0.494 e. The monoisotopic (exact) mass is 762 g/mol. The molecule has 0 aromatic heterocycles. The Morgan fingerprint density at radius 1 is 0.982 bits per heavy atom. The number of fused-ring (bicyclic) bond motifs is 4. The highest BCUT2D eigenvalue weighted by atomic mass is 16.7. The number of hydrogen-bond donors (Lipinski definition) is 3. The minimum absolute atomic E-state index is 0.0119. The molecule has 2 unspecified atom stereocenters. The van der Waals surface area contributed by atoms with Gasteiger partial charge in [0.05, 0.1) is 25.2 Å². The molecule has 3 N–H and O–H groups in total. The van der Waals surface area contributed by atoms with E-state index >= 15 is 0 Å². The first-order valence-electron chi connectivity index (χ1n) is 19.5. The zero-order chi connectivity index (χ0) is 39.2. The van der Waals surface area contributed by atoms with Crippen molar-refractivity contribution in [1.29, 1.82) is 0 Å². The Kier molecular flexibility index (Phi) is 15.6. The topological polar surface area (TPSA) is 179 Å². The number of nitrogens with one attached hydrogen (secondary N) is 3. The van der Waals surface area contributed by atoms with Gasteiger partial charge < -0.3 is 39.8 Å². The first-order valence-corrected chi connectivity index (χ1v) is 19.5. The zero-order valence-electron chi connectivity index (χ0n) is 31.8. The summed E-state index contributed by atoms with van der Waals surface area (Å²) in [6.45, 7) is 1.74. The lowest BCUT2D eigenvalue weighted by molar-refractivity contribution is -0.158. The molecule has 4 amide bonds.